The van der Waals surface area contributed by atoms with Gasteiger partial charge in [0.2, 0.25) is 0 Å². The molecule has 0 spiro atoms. The number of fused-ring (bicyclic) bond motifs is 3. The Bertz CT molecular complexity index is 868. The molecule has 6 heteroatoms. The molecule has 0 saturated heterocycles. The molecule has 24 heavy (non-hydrogen) atoms. The molecule has 4 nitrogen and oxygen atoms in total. The first-order valence-corrected chi connectivity index (χ1v) is 8.51. The SMILES string of the molecule is O=[N+]([O-])c1ccccc1[C@@H]1Nc2c(F)cc(Br)cc2[C@@H]2C=CC[C@H]21. The Morgan fingerprint density at radius 2 is 2.04 bits per heavy atom. The Morgan fingerprint density at radius 1 is 1.25 bits per heavy atom. The van der Waals surface area contributed by atoms with E-state index in [0.717, 1.165) is 12.0 Å². The fourth-order valence-corrected chi connectivity index (χ4v) is 4.29. The summed E-state index contributed by atoms with van der Waals surface area (Å²) in [6.07, 6.45) is 4.96. The summed E-state index contributed by atoms with van der Waals surface area (Å²) in [7, 11) is 0. The van der Waals surface area contributed by atoms with Gasteiger partial charge >= 0.3 is 0 Å². The molecule has 1 aliphatic heterocycles. The second kappa shape index (κ2) is 5.70. The molecule has 0 saturated carbocycles. The lowest BCUT2D eigenvalue weighted by molar-refractivity contribution is -0.385. The molecule has 1 aliphatic carbocycles. The number of allylic oxidation sites excluding steroid dienone is 2. The van der Waals surface area contributed by atoms with Crippen LogP contribution in [0.3, 0.4) is 0 Å². The van der Waals surface area contributed by atoms with Crippen LogP contribution in [0.4, 0.5) is 15.8 Å². The normalized spacial score (nSPS) is 24.2. The van der Waals surface area contributed by atoms with Crippen molar-refractivity contribution in [3.05, 3.63) is 80.1 Å². The highest BCUT2D eigenvalue weighted by Gasteiger charge is 2.41. The number of hydrogen-bond acceptors (Lipinski definition) is 3. The smallest absolute Gasteiger partial charge is 0.274 e. The van der Waals surface area contributed by atoms with E-state index in [1.807, 2.05) is 6.07 Å². The van der Waals surface area contributed by atoms with Gasteiger partial charge in [-0.25, -0.2) is 4.39 Å². The van der Waals surface area contributed by atoms with Crippen molar-refractivity contribution in [2.45, 2.75) is 18.4 Å². The number of anilines is 1. The molecule has 0 unspecified atom stereocenters. The van der Waals surface area contributed by atoms with Gasteiger partial charge in [0.05, 0.1) is 22.2 Å². The van der Waals surface area contributed by atoms with Gasteiger partial charge in [-0.3, -0.25) is 10.1 Å². The van der Waals surface area contributed by atoms with E-state index in [1.165, 1.54) is 12.1 Å². The lowest BCUT2D eigenvalue weighted by atomic mass is 9.76. The third kappa shape index (κ3) is 2.33. The molecule has 2 aromatic rings. The van der Waals surface area contributed by atoms with E-state index in [1.54, 1.807) is 18.2 Å². The number of para-hydroxylation sites is 1. The van der Waals surface area contributed by atoms with Crippen LogP contribution in [0.25, 0.3) is 0 Å². The summed E-state index contributed by atoms with van der Waals surface area (Å²) in [5.41, 5.74) is 2.01. The molecular weight excluding hydrogens is 375 g/mol. The first kappa shape index (κ1) is 15.3. The van der Waals surface area contributed by atoms with Crippen LogP contribution in [0.15, 0.2) is 53.0 Å². The Labute approximate surface area is 146 Å². The molecule has 2 aliphatic rings. The third-order valence-corrected chi connectivity index (χ3v) is 5.31. The van der Waals surface area contributed by atoms with E-state index in [0.29, 0.717) is 15.7 Å². The average Bonchev–Trinajstić information content (AvgIpc) is 3.04. The van der Waals surface area contributed by atoms with Gasteiger partial charge in [0.25, 0.3) is 5.69 Å². The van der Waals surface area contributed by atoms with Crippen LogP contribution >= 0.6 is 15.9 Å². The summed E-state index contributed by atoms with van der Waals surface area (Å²) in [6.45, 7) is 0. The van der Waals surface area contributed by atoms with Crippen molar-refractivity contribution in [1.82, 2.24) is 0 Å². The zero-order valence-corrected chi connectivity index (χ0v) is 14.2. The predicted octanol–water partition coefficient (Wildman–Crippen LogP) is 5.32. The maximum Gasteiger partial charge on any atom is 0.274 e. The Hall–Kier alpha value is -2.21. The lowest BCUT2D eigenvalue weighted by Gasteiger charge is -2.37. The number of benzene rings is 2. The summed E-state index contributed by atoms with van der Waals surface area (Å²) in [5, 5.41) is 14.6. The largest absolute Gasteiger partial charge is 0.375 e. The topological polar surface area (TPSA) is 55.2 Å². The highest BCUT2D eigenvalue weighted by molar-refractivity contribution is 9.10. The molecule has 1 heterocycles. The van der Waals surface area contributed by atoms with E-state index in [-0.39, 0.29) is 34.3 Å². The molecule has 0 bridgehead atoms. The highest BCUT2D eigenvalue weighted by atomic mass is 79.9. The van der Waals surface area contributed by atoms with Crippen LogP contribution in [0, 0.1) is 21.8 Å². The van der Waals surface area contributed by atoms with Crippen molar-refractivity contribution in [3.63, 3.8) is 0 Å². The highest BCUT2D eigenvalue weighted by Crippen LogP contribution is 2.52. The quantitative estimate of drug-likeness (QED) is 0.430. The zero-order chi connectivity index (χ0) is 16.8. The van der Waals surface area contributed by atoms with Gasteiger partial charge in [-0.2, -0.15) is 0 Å². The number of nitrogens with zero attached hydrogens (tertiary/aromatic N) is 1. The number of halogens is 2. The Balaban J connectivity index is 1.86. The van der Waals surface area contributed by atoms with Crippen LogP contribution < -0.4 is 5.32 Å². The van der Waals surface area contributed by atoms with E-state index in [2.05, 4.69) is 33.4 Å². The average molecular weight is 389 g/mol. The summed E-state index contributed by atoms with van der Waals surface area (Å²) in [4.78, 5) is 11.0. The van der Waals surface area contributed by atoms with Crippen molar-refractivity contribution in [2.75, 3.05) is 5.32 Å². The minimum absolute atomic E-state index is 0.0538. The van der Waals surface area contributed by atoms with Gasteiger partial charge in [0.1, 0.15) is 5.82 Å². The van der Waals surface area contributed by atoms with Gasteiger partial charge in [-0.15, -0.1) is 0 Å². The zero-order valence-electron chi connectivity index (χ0n) is 12.6. The molecule has 0 radical (unpaired) electrons. The summed E-state index contributed by atoms with van der Waals surface area (Å²) in [5.74, 6) is -0.160. The summed E-state index contributed by atoms with van der Waals surface area (Å²) in [6, 6.07) is 9.74. The molecular formula is C18H14BrFN2O2. The van der Waals surface area contributed by atoms with Crippen molar-refractivity contribution < 1.29 is 9.31 Å². The van der Waals surface area contributed by atoms with Gasteiger partial charge in [0, 0.05) is 16.5 Å². The maximum atomic E-state index is 14.5. The standard InChI is InChI=1S/C18H14BrFN2O2/c19-10-8-14-11-5-3-6-12(11)17(21-18(14)15(20)9-10)13-4-1-2-7-16(13)22(23)24/h1-5,7-9,11-12,17,21H,6H2/t11-,12-,17-/m1/s1. The first-order chi connectivity index (χ1) is 11.6. The molecule has 4 rings (SSSR count). The molecule has 0 aromatic heterocycles. The fraction of sp³-hybridized carbons (Fsp3) is 0.222. The number of hydrogen-bond donors (Lipinski definition) is 1. The second-order valence-electron chi connectivity index (χ2n) is 6.14. The minimum Gasteiger partial charge on any atom is -0.375 e. The Kier molecular flexibility index (Phi) is 3.64. The van der Waals surface area contributed by atoms with E-state index in [9.17, 15) is 14.5 Å². The summed E-state index contributed by atoms with van der Waals surface area (Å²) < 4.78 is 15.2. The number of nitrogens with one attached hydrogen (secondary N) is 1. The first-order valence-electron chi connectivity index (χ1n) is 7.71. The van der Waals surface area contributed by atoms with Crippen molar-refractivity contribution in [1.29, 1.82) is 0 Å². The second-order valence-corrected chi connectivity index (χ2v) is 7.06. The van der Waals surface area contributed by atoms with Crippen LogP contribution in [0.1, 0.15) is 29.5 Å². The van der Waals surface area contributed by atoms with Gasteiger partial charge in [-0.1, -0.05) is 46.3 Å². The van der Waals surface area contributed by atoms with E-state index < -0.39 is 0 Å². The molecule has 3 atom stereocenters. The minimum atomic E-state index is -0.373. The van der Waals surface area contributed by atoms with Gasteiger partial charge < -0.3 is 5.32 Å². The number of nitro benzene ring substituents is 1. The molecule has 0 amide bonds. The van der Waals surface area contributed by atoms with E-state index in [4.69, 9.17) is 0 Å². The van der Waals surface area contributed by atoms with Crippen LogP contribution in [0.2, 0.25) is 0 Å². The summed E-state index contributed by atoms with van der Waals surface area (Å²) >= 11 is 3.35. The third-order valence-electron chi connectivity index (χ3n) is 4.85. The van der Waals surface area contributed by atoms with Crippen LogP contribution in [-0.4, -0.2) is 4.92 Å². The molecule has 122 valence electrons. The van der Waals surface area contributed by atoms with Crippen LogP contribution in [-0.2, 0) is 0 Å². The van der Waals surface area contributed by atoms with Gasteiger partial charge in [-0.05, 0) is 30.0 Å². The maximum absolute atomic E-state index is 14.5. The van der Waals surface area contributed by atoms with Crippen LogP contribution in [0.5, 0.6) is 0 Å². The predicted molar refractivity (Wildman–Crippen MR) is 93.5 cm³/mol. The van der Waals surface area contributed by atoms with Gasteiger partial charge in [0.15, 0.2) is 0 Å². The van der Waals surface area contributed by atoms with Crippen molar-refractivity contribution in [2.24, 2.45) is 5.92 Å². The van der Waals surface area contributed by atoms with Crippen molar-refractivity contribution >= 4 is 27.3 Å². The fourth-order valence-electron chi connectivity index (χ4n) is 3.85. The van der Waals surface area contributed by atoms with E-state index >= 15 is 0 Å². The van der Waals surface area contributed by atoms with Crippen molar-refractivity contribution in [3.8, 4) is 0 Å². The monoisotopic (exact) mass is 388 g/mol. The lowest BCUT2D eigenvalue weighted by Crippen LogP contribution is -2.30. The number of rotatable bonds is 2. The molecule has 0 fully saturated rings. The molecule has 1 N–H and O–H groups in total. The molecule has 2 aromatic carbocycles. The number of nitro groups is 1. The Morgan fingerprint density at radius 3 is 2.83 bits per heavy atom.